The van der Waals surface area contributed by atoms with Crippen LogP contribution in [-0.4, -0.2) is 19.2 Å². The molecule has 0 radical (unpaired) electrons. The Labute approximate surface area is 116 Å². The highest BCUT2D eigenvalue weighted by Crippen LogP contribution is 2.32. The van der Waals surface area contributed by atoms with Gasteiger partial charge in [-0.3, -0.25) is 0 Å². The summed E-state index contributed by atoms with van der Waals surface area (Å²) in [4.78, 5) is 0. The van der Waals surface area contributed by atoms with Gasteiger partial charge < -0.3 is 10.1 Å². The van der Waals surface area contributed by atoms with Crippen LogP contribution < -0.4 is 5.32 Å². The van der Waals surface area contributed by atoms with E-state index in [9.17, 15) is 0 Å². The van der Waals surface area contributed by atoms with E-state index in [4.69, 9.17) is 4.74 Å². The van der Waals surface area contributed by atoms with Crippen LogP contribution in [-0.2, 0) is 17.8 Å². The lowest BCUT2D eigenvalue weighted by Gasteiger charge is -2.10. The summed E-state index contributed by atoms with van der Waals surface area (Å²) in [6.45, 7) is 2.81. The van der Waals surface area contributed by atoms with E-state index in [1.54, 1.807) is 0 Å². The van der Waals surface area contributed by atoms with Gasteiger partial charge in [-0.15, -0.1) is 0 Å². The van der Waals surface area contributed by atoms with Crippen LogP contribution in [0.5, 0.6) is 0 Å². The smallest absolute Gasteiger partial charge is 0.0719 e. The van der Waals surface area contributed by atoms with Crippen molar-refractivity contribution >= 4 is 0 Å². The van der Waals surface area contributed by atoms with Gasteiger partial charge in [-0.1, -0.05) is 37.1 Å². The first-order valence-corrected chi connectivity index (χ1v) is 7.80. The largest absolute Gasteiger partial charge is 0.377 e. The summed E-state index contributed by atoms with van der Waals surface area (Å²) in [5.74, 6) is 0.970. The zero-order valence-electron chi connectivity index (χ0n) is 11.7. The van der Waals surface area contributed by atoms with E-state index in [2.05, 4.69) is 29.6 Å². The van der Waals surface area contributed by atoms with Crippen LogP contribution in [0.25, 0.3) is 0 Å². The molecule has 1 aromatic rings. The molecule has 1 aromatic carbocycles. The van der Waals surface area contributed by atoms with Crippen molar-refractivity contribution in [3.8, 4) is 0 Å². The van der Waals surface area contributed by atoms with Crippen molar-refractivity contribution in [3.63, 3.8) is 0 Å². The first kappa shape index (κ1) is 13.1. The van der Waals surface area contributed by atoms with Gasteiger partial charge in [0.2, 0.25) is 0 Å². The van der Waals surface area contributed by atoms with Crippen LogP contribution in [0.1, 0.15) is 43.2 Å². The molecule has 0 spiro atoms. The molecule has 2 fully saturated rings. The predicted octanol–water partition coefficient (Wildman–Crippen LogP) is 3.30. The Bertz CT molecular complexity index is 396. The fourth-order valence-corrected chi connectivity index (χ4v) is 2.48. The van der Waals surface area contributed by atoms with Gasteiger partial charge in [-0.05, 0) is 49.3 Å². The molecule has 1 N–H and O–H groups in total. The Balaban J connectivity index is 1.41. The van der Waals surface area contributed by atoms with Crippen molar-refractivity contribution in [1.29, 1.82) is 0 Å². The molecule has 19 heavy (non-hydrogen) atoms. The second-order valence-corrected chi connectivity index (χ2v) is 6.03. The molecule has 0 atom stereocenters. The lowest BCUT2D eigenvalue weighted by molar-refractivity contribution is 0.114. The van der Waals surface area contributed by atoms with Gasteiger partial charge in [-0.25, -0.2) is 0 Å². The van der Waals surface area contributed by atoms with E-state index in [1.165, 1.54) is 43.2 Å². The molecular formula is C17H25NO. The summed E-state index contributed by atoms with van der Waals surface area (Å²) in [5, 5.41) is 3.58. The van der Waals surface area contributed by atoms with Crippen molar-refractivity contribution in [2.75, 3.05) is 13.2 Å². The van der Waals surface area contributed by atoms with Crippen LogP contribution in [0.3, 0.4) is 0 Å². The number of nitrogens with one attached hydrogen (secondary N) is 1. The number of hydrogen-bond donors (Lipinski definition) is 1. The minimum absolute atomic E-state index is 0.784. The molecule has 0 amide bonds. The predicted molar refractivity (Wildman–Crippen MR) is 78.2 cm³/mol. The van der Waals surface area contributed by atoms with Gasteiger partial charge in [0.25, 0.3) is 0 Å². The summed E-state index contributed by atoms with van der Waals surface area (Å²) in [7, 11) is 0. The van der Waals surface area contributed by atoms with Gasteiger partial charge in [0, 0.05) is 12.6 Å². The van der Waals surface area contributed by atoms with Crippen LogP contribution in [0.15, 0.2) is 24.3 Å². The molecule has 2 aliphatic carbocycles. The fraction of sp³-hybridized carbons (Fsp3) is 0.647. The molecule has 0 bridgehead atoms. The highest BCUT2D eigenvalue weighted by atomic mass is 16.5. The minimum atomic E-state index is 0.784. The lowest BCUT2D eigenvalue weighted by Crippen LogP contribution is -2.19. The Morgan fingerprint density at radius 3 is 2.58 bits per heavy atom. The van der Waals surface area contributed by atoms with Crippen molar-refractivity contribution in [3.05, 3.63) is 35.4 Å². The van der Waals surface area contributed by atoms with Crippen LogP contribution in [0, 0.1) is 5.92 Å². The van der Waals surface area contributed by atoms with Crippen molar-refractivity contribution in [2.24, 2.45) is 5.92 Å². The van der Waals surface area contributed by atoms with Crippen molar-refractivity contribution in [2.45, 2.75) is 51.2 Å². The van der Waals surface area contributed by atoms with Gasteiger partial charge in [0.15, 0.2) is 0 Å². The summed E-state index contributed by atoms with van der Waals surface area (Å²) < 4.78 is 5.83. The van der Waals surface area contributed by atoms with E-state index in [-0.39, 0.29) is 0 Å². The summed E-state index contributed by atoms with van der Waals surface area (Å²) in [5.41, 5.74) is 2.82. The second kappa shape index (κ2) is 6.53. The highest BCUT2D eigenvalue weighted by Gasteiger charge is 2.21. The molecule has 104 valence electrons. The monoisotopic (exact) mass is 259 g/mol. The first-order chi connectivity index (χ1) is 9.42. The summed E-state index contributed by atoms with van der Waals surface area (Å²) in [6.07, 6.45) is 7.96. The fourth-order valence-electron chi connectivity index (χ4n) is 2.48. The Morgan fingerprint density at radius 1 is 1.05 bits per heavy atom. The molecule has 2 nitrogen and oxygen atoms in total. The number of benzene rings is 1. The maximum atomic E-state index is 5.83. The zero-order valence-corrected chi connectivity index (χ0v) is 11.7. The first-order valence-electron chi connectivity index (χ1n) is 7.80. The number of hydrogen-bond acceptors (Lipinski definition) is 2. The molecule has 0 aliphatic heterocycles. The van der Waals surface area contributed by atoms with Crippen molar-refractivity contribution in [1.82, 2.24) is 5.32 Å². The SMILES string of the molecule is c1ccc(COCCC2CC2)c(CCNC2CC2)c1. The van der Waals surface area contributed by atoms with Gasteiger partial charge in [-0.2, -0.15) is 0 Å². The number of ether oxygens (including phenoxy) is 1. The average molecular weight is 259 g/mol. The Morgan fingerprint density at radius 2 is 1.84 bits per heavy atom. The van der Waals surface area contributed by atoms with Crippen molar-refractivity contribution < 1.29 is 4.74 Å². The summed E-state index contributed by atoms with van der Waals surface area (Å²) in [6, 6.07) is 9.52. The second-order valence-electron chi connectivity index (χ2n) is 6.03. The highest BCUT2D eigenvalue weighted by molar-refractivity contribution is 5.26. The molecule has 3 rings (SSSR count). The number of rotatable bonds is 9. The molecule has 0 unspecified atom stereocenters. The van der Waals surface area contributed by atoms with Gasteiger partial charge >= 0.3 is 0 Å². The van der Waals surface area contributed by atoms with Crippen LogP contribution in [0.2, 0.25) is 0 Å². The molecule has 0 aromatic heterocycles. The minimum Gasteiger partial charge on any atom is -0.377 e. The van der Waals surface area contributed by atoms with E-state index >= 15 is 0 Å². The Kier molecular flexibility index (Phi) is 4.52. The molecule has 0 saturated heterocycles. The molecule has 2 heteroatoms. The molecule has 0 heterocycles. The maximum Gasteiger partial charge on any atom is 0.0719 e. The van der Waals surface area contributed by atoms with E-state index in [0.29, 0.717) is 0 Å². The average Bonchev–Trinajstić information content (AvgIpc) is 3.30. The topological polar surface area (TPSA) is 21.3 Å². The third-order valence-electron chi connectivity index (χ3n) is 4.15. The van der Waals surface area contributed by atoms with Gasteiger partial charge in [0.05, 0.1) is 6.61 Å². The van der Waals surface area contributed by atoms with Crippen LogP contribution >= 0.6 is 0 Å². The molecule has 2 aliphatic rings. The van der Waals surface area contributed by atoms with E-state index in [1.807, 2.05) is 0 Å². The summed E-state index contributed by atoms with van der Waals surface area (Å²) >= 11 is 0. The standard InChI is InChI=1S/C17H25NO/c1-2-4-16(13-19-12-10-14-5-6-14)15(3-1)9-11-18-17-7-8-17/h1-4,14,17-18H,5-13H2. The van der Waals surface area contributed by atoms with Crippen LogP contribution in [0.4, 0.5) is 0 Å². The normalized spacial score (nSPS) is 18.7. The molecular weight excluding hydrogens is 234 g/mol. The Hall–Kier alpha value is -0.860. The quantitative estimate of drug-likeness (QED) is 0.687. The zero-order chi connectivity index (χ0) is 12.9. The third kappa shape index (κ3) is 4.63. The van der Waals surface area contributed by atoms with E-state index in [0.717, 1.165) is 38.1 Å². The van der Waals surface area contributed by atoms with E-state index < -0.39 is 0 Å². The third-order valence-corrected chi connectivity index (χ3v) is 4.15. The lowest BCUT2D eigenvalue weighted by atomic mass is 10.1. The van der Waals surface area contributed by atoms with Gasteiger partial charge in [0.1, 0.15) is 0 Å². The molecule has 2 saturated carbocycles. The maximum absolute atomic E-state index is 5.83.